The lowest BCUT2D eigenvalue weighted by molar-refractivity contribution is -0.385. The number of nitrogens with zero attached hydrogens (tertiary/aromatic N) is 1. The van der Waals surface area contributed by atoms with Crippen LogP contribution in [0.25, 0.3) is 0 Å². The average molecular weight is 323 g/mol. The molecule has 0 aromatic heterocycles. The van der Waals surface area contributed by atoms with Gasteiger partial charge in [0.15, 0.2) is 21.3 Å². The lowest BCUT2D eigenvalue weighted by Crippen LogP contribution is -2.00. The molecule has 0 N–H and O–H groups in total. The molecule has 2 rings (SSSR count). The highest BCUT2D eigenvalue weighted by molar-refractivity contribution is 7.90. The van der Waals surface area contributed by atoms with Crippen LogP contribution in [-0.2, 0) is 9.84 Å². The van der Waals surface area contributed by atoms with Crippen LogP contribution in [0.15, 0.2) is 47.4 Å². The SMILES string of the molecule is COc1ccccc1Oc1ccc(S(C)(=O)=O)cc1[N+](=O)[O-]. The van der Waals surface area contributed by atoms with E-state index in [1.165, 1.54) is 19.2 Å². The number of hydrogen-bond acceptors (Lipinski definition) is 6. The minimum atomic E-state index is -3.55. The van der Waals surface area contributed by atoms with Gasteiger partial charge in [0.05, 0.1) is 16.9 Å². The first-order valence-electron chi connectivity index (χ1n) is 6.12. The van der Waals surface area contributed by atoms with E-state index >= 15 is 0 Å². The standard InChI is InChI=1S/C14H13NO6S/c1-20-13-5-3-4-6-14(13)21-12-8-7-10(22(2,18)19)9-11(12)15(16)17/h3-9H,1-2H3. The fourth-order valence-corrected chi connectivity index (χ4v) is 2.42. The van der Waals surface area contributed by atoms with E-state index in [9.17, 15) is 18.5 Å². The zero-order chi connectivity index (χ0) is 16.3. The molecule has 2 aromatic rings. The number of rotatable bonds is 5. The maximum atomic E-state index is 11.5. The molecule has 0 aliphatic rings. The van der Waals surface area contributed by atoms with Crippen LogP contribution in [0.5, 0.6) is 17.2 Å². The summed E-state index contributed by atoms with van der Waals surface area (Å²) in [6.07, 6.45) is 0.979. The molecular formula is C14H13NO6S. The van der Waals surface area contributed by atoms with E-state index in [4.69, 9.17) is 9.47 Å². The Labute approximate surface area is 127 Å². The van der Waals surface area contributed by atoms with Crippen LogP contribution >= 0.6 is 0 Å². The molecule has 0 bridgehead atoms. The minimum Gasteiger partial charge on any atom is -0.493 e. The van der Waals surface area contributed by atoms with Crippen molar-refractivity contribution in [3.8, 4) is 17.2 Å². The van der Waals surface area contributed by atoms with Gasteiger partial charge in [-0.2, -0.15) is 0 Å². The summed E-state index contributed by atoms with van der Waals surface area (Å²) in [7, 11) is -2.10. The first kappa shape index (κ1) is 15.8. The van der Waals surface area contributed by atoms with Crippen molar-refractivity contribution in [1.82, 2.24) is 0 Å². The third-order valence-corrected chi connectivity index (χ3v) is 3.95. The van der Waals surface area contributed by atoms with Crippen LogP contribution in [0.1, 0.15) is 0 Å². The minimum absolute atomic E-state index is 0.0677. The molecule has 0 heterocycles. The molecule has 0 spiro atoms. The molecule has 0 saturated heterocycles. The topological polar surface area (TPSA) is 95.7 Å². The summed E-state index contributed by atoms with van der Waals surface area (Å²) in [5, 5.41) is 11.1. The summed E-state index contributed by atoms with van der Waals surface area (Å²) >= 11 is 0. The van der Waals surface area contributed by atoms with Crippen LogP contribution in [-0.4, -0.2) is 26.7 Å². The van der Waals surface area contributed by atoms with Gasteiger partial charge in [0.1, 0.15) is 0 Å². The number of benzene rings is 2. The molecule has 0 aliphatic heterocycles. The summed E-state index contributed by atoms with van der Waals surface area (Å²) in [5.41, 5.74) is -0.436. The monoisotopic (exact) mass is 323 g/mol. The third-order valence-electron chi connectivity index (χ3n) is 2.84. The predicted molar refractivity (Wildman–Crippen MR) is 79.3 cm³/mol. The second kappa shape index (κ2) is 6.02. The van der Waals surface area contributed by atoms with Crippen molar-refractivity contribution in [2.45, 2.75) is 4.90 Å². The molecule has 0 saturated carbocycles. The van der Waals surface area contributed by atoms with E-state index in [1.54, 1.807) is 24.3 Å². The molecule has 116 valence electrons. The molecule has 2 aromatic carbocycles. The van der Waals surface area contributed by atoms with E-state index in [1.807, 2.05) is 0 Å². The van der Waals surface area contributed by atoms with Gasteiger partial charge in [-0.25, -0.2) is 8.42 Å². The van der Waals surface area contributed by atoms with Gasteiger partial charge in [-0.3, -0.25) is 10.1 Å². The number of nitro groups is 1. The fourth-order valence-electron chi connectivity index (χ4n) is 1.78. The number of hydrogen-bond donors (Lipinski definition) is 0. The van der Waals surface area contributed by atoms with Crippen molar-refractivity contribution in [2.24, 2.45) is 0 Å². The number of sulfone groups is 1. The highest BCUT2D eigenvalue weighted by Gasteiger charge is 2.21. The Morgan fingerprint density at radius 1 is 1.05 bits per heavy atom. The zero-order valence-electron chi connectivity index (χ0n) is 11.8. The molecule has 0 atom stereocenters. The molecule has 0 fully saturated rings. The Bertz CT molecular complexity index is 816. The van der Waals surface area contributed by atoms with Crippen LogP contribution < -0.4 is 9.47 Å². The summed E-state index contributed by atoms with van der Waals surface area (Å²) in [6.45, 7) is 0. The van der Waals surface area contributed by atoms with Crippen molar-refractivity contribution in [2.75, 3.05) is 13.4 Å². The maximum Gasteiger partial charge on any atom is 0.312 e. The van der Waals surface area contributed by atoms with Crippen molar-refractivity contribution in [3.63, 3.8) is 0 Å². The smallest absolute Gasteiger partial charge is 0.312 e. The quantitative estimate of drug-likeness (QED) is 0.620. The van der Waals surface area contributed by atoms with E-state index in [0.717, 1.165) is 12.3 Å². The Hall–Kier alpha value is -2.61. The van der Waals surface area contributed by atoms with Gasteiger partial charge < -0.3 is 9.47 Å². The number of para-hydroxylation sites is 2. The second-order valence-electron chi connectivity index (χ2n) is 4.41. The van der Waals surface area contributed by atoms with Crippen LogP contribution in [0.2, 0.25) is 0 Å². The van der Waals surface area contributed by atoms with Gasteiger partial charge in [-0.15, -0.1) is 0 Å². The van der Waals surface area contributed by atoms with Gasteiger partial charge in [-0.1, -0.05) is 12.1 Å². The van der Waals surface area contributed by atoms with Crippen molar-refractivity contribution in [3.05, 3.63) is 52.6 Å². The summed E-state index contributed by atoms with van der Waals surface area (Å²) in [4.78, 5) is 10.3. The summed E-state index contributed by atoms with van der Waals surface area (Å²) in [5.74, 6) is 0.631. The Balaban J connectivity index is 2.49. The molecule has 7 nitrogen and oxygen atoms in total. The molecule has 8 heteroatoms. The number of nitro benzene ring substituents is 1. The lowest BCUT2D eigenvalue weighted by Gasteiger charge is -2.10. The zero-order valence-corrected chi connectivity index (χ0v) is 12.7. The van der Waals surface area contributed by atoms with E-state index in [2.05, 4.69) is 0 Å². The Morgan fingerprint density at radius 2 is 1.68 bits per heavy atom. The molecule has 22 heavy (non-hydrogen) atoms. The van der Waals surface area contributed by atoms with Crippen molar-refractivity contribution >= 4 is 15.5 Å². The van der Waals surface area contributed by atoms with E-state index in [0.29, 0.717) is 11.5 Å². The van der Waals surface area contributed by atoms with Crippen molar-refractivity contribution in [1.29, 1.82) is 0 Å². The third kappa shape index (κ3) is 3.34. The van der Waals surface area contributed by atoms with Crippen LogP contribution in [0.4, 0.5) is 5.69 Å². The highest BCUT2D eigenvalue weighted by atomic mass is 32.2. The normalized spacial score (nSPS) is 11.0. The summed E-state index contributed by atoms with van der Waals surface area (Å²) < 4.78 is 33.6. The molecule has 0 aliphatic carbocycles. The van der Waals surface area contributed by atoms with Crippen LogP contribution in [0, 0.1) is 10.1 Å². The lowest BCUT2D eigenvalue weighted by atomic mass is 10.3. The first-order chi connectivity index (χ1) is 10.3. The highest BCUT2D eigenvalue weighted by Crippen LogP contribution is 2.37. The predicted octanol–water partition coefficient (Wildman–Crippen LogP) is 2.80. The maximum absolute atomic E-state index is 11.5. The number of methoxy groups -OCH3 is 1. The second-order valence-corrected chi connectivity index (χ2v) is 6.43. The largest absolute Gasteiger partial charge is 0.493 e. The first-order valence-corrected chi connectivity index (χ1v) is 8.01. The molecule has 0 unspecified atom stereocenters. The average Bonchev–Trinajstić information content (AvgIpc) is 2.46. The molecular weight excluding hydrogens is 310 g/mol. The molecule has 0 radical (unpaired) electrons. The van der Waals surface area contributed by atoms with Crippen molar-refractivity contribution < 1.29 is 22.8 Å². The Kier molecular flexibility index (Phi) is 4.32. The molecule has 0 amide bonds. The van der Waals surface area contributed by atoms with Gasteiger partial charge in [0, 0.05) is 12.3 Å². The fraction of sp³-hybridized carbons (Fsp3) is 0.143. The van der Waals surface area contributed by atoms with E-state index < -0.39 is 20.4 Å². The van der Waals surface area contributed by atoms with E-state index in [-0.39, 0.29) is 10.6 Å². The summed E-state index contributed by atoms with van der Waals surface area (Å²) in [6, 6.07) is 10.1. The van der Waals surface area contributed by atoms with Gasteiger partial charge in [-0.05, 0) is 24.3 Å². The Morgan fingerprint density at radius 3 is 2.23 bits per heavy atom. The van der Waals surface area contributed by atoms with Gasteiger partial charge >= 0.3 is 5.69 Å². The van der Waals surface area contributed by atoms with Gasteiger partial charge in [0.25, 0.3) is 0 Å². The van der Waals surface area contributed by atoms with Crippen LogP contribution in [0.3, 0.4) is 0 Å². The van der Waals surface area contributed by atoms with Gasteiger partial charge in [0.2, 0.25) is 5.75 Å². The number of ether oxygens (including phenoxy) is 2.